The van der Waals surface area contributed by atoms with Crippen molar-refractivity contribution in [2.45, 2.75) is 0 Å². The fourth-order valence-corrected chi connectivity index (χ4v) is 8.80. The number of benzene rings is 5. The highest BCUT2D eigenvalue weighted by molar-refractivity contribution is 7.16. The lowest BCUT2D eigenvalue weighted by Gasteiger charge is -2.02. The predicted octanol–water partition coefficient (Wildman–Crippen LogP) is 14.1. The van der Waals surface area contributed by atoms with Crippen molar-refractivity contribution < 1.29 is 22.8 Å². The van der Waals surface area contributed by atoms with E-state index in [0.29, 0.717) is 11.1 Å². The van der Waals surface area contributed by atoms with Crippen LogP contribution in [-0.2, 0) is 0 Å². The monoisotopic (exact) mass is 1340 g/mol. The zero-order valence-corrected chi connectivity index (χ0v) is 54.0. The van der Waals surface area contributed by atoms with E-state index in [1.807, 2.05) is 179 Å². The van der Waals surface area contributed by atoms with Crippen LogP contribution in [0.1, 0.15) is 20.7 Å². The Morgan fingerprint density at radius 2 is 1.19 bits per heavy atom. The van der Waals surface area contributed by atoms with Crippen LogP contribution >= 0.6 is 22.7 Å². The van der Waals surface area contributed by atoms with E-state index in [4.69, 9.17) is 4.42 Å². The topological polar surface area (TPSA) is 330 Å². The Labute approximate surface area is 568 Å². The van der Waals surface area contributed by atoms with E-state index in [1.165, 1.54) is 54.2 Å². The highest BCUT2D eigenvalue weighted by Gasteiger charge is 2.31. The third-order valence-electron chi connectivity index (χ3n) is 12.3. The SMILES string of the molecule is CN1C(=O)c2ccccc2C1=O.c1c[nH]cn1.c1cc[n+]2cn[nH]c2c1.c1ccc2[nH]cnc2c1.c1ccc2c[nH]cc2c1.c1ccc2ocnc2c1.c1ccc2scnc2c1.c1ccncc1.c1cn[nH]c1.c1cnc2ncccc2c1.c1cocn1.c1cscn1.c1nc[nH]n1. The number of oxazole rings is 2. The van der Waals surface area contributed by atoms with E-state index in [9.17, 15) is 9.59 Å². The molecule has 6 N–H and O–H groups in total. The first kappa shape index (κ1) is 70.2. The Morgan fingerprint density at radius 3 is 1.71 bits per heavy atom. The van der Waals surface area contributed by atoms with E-state index in [-0.39, 0.29) is 11.8 Å². The molecule has 0 unspecified atom stereocenters. The molecule has 0 fully saturated rings. The molecule has 19 aromatic rings. The van der Waals surface area contributed by atoms with Crippen LogP contribution in [0.2, 0.25) is 0 Å². The van der Waals surface area contributed by atoms with Gasteiger partial charge >= 0.3 is 0 Å². The molecule has 20 rings (SSSR count). The Hall–Kier alpha value is -13.7. The normalized spacial score (nSPS) is 10.1. The molecule has 2 amide bonds. The molecule has 488 valence electrons. The minimum Gasteiger partial charge on any atom is -0.452 e. The van der Waals surface area contributed by atoms with E-state index < -0.39 is 0 Å². The van der Waals surface area contributed by atoms with Gasteiger partial charge in [0, 0.05) is 97.1 Å². The molecule has 1 aliphatic heterocycles. The van der Waals surface area contributed by atoms with Crippen molar-refractivity contribution >= 4 is 94.3 Å². The van der Waals surface area contributed by atoms with Crippen LogP contribution in [-0.4, -0.2) is 119 Å². The van der Waals surface area contributed by atoms with E-state index in [2.05, 4.69) is 118 Å². The van der Waals surface area contributed by atoms with Crippen LogP contribution in [0.15, 0.2) is 345 Å². The molecule has 0 spiro atoms. The van der Waals surface area contributed by atoms with Gasteiger partial charge in [0.05, 0.1) is 68.4 Å². The molecule has 0 saturated heterocycles. The number of fused-ring (bicyclic) bond motifs is 7. The van der Waals surface area contributed by atoms with E-state index >= 15 is 0 Å². The number of nitrogens with zero attached hydrogens (tertiary/aromatic N) is 15. The van der Waals surface area contributed by atoms with E-state index in [0.717, 1.165) is 49.2 Å². The van der Waals surface area contributed by atoms with Crippen molar-refractivity contribution in [3.63, 3.8) is 0 Å². The molecular weight excluding hydrogens is 1280 g/mol. The summed E-state index contributed by atoms with van der Waals surface area (Å²) < 4.78 is 12.7. The predicted molar refractivity (Wildman–Crippen MR) is 379 cm³/mol. The van der Waals surface area contributed by atoms with Crippen LogP contribution < -0.4 is 4.40 Å². The fourth-order valence-electron chi connectivity index (χ4n) is 7.77. The number of imidazole rings is 2. The molecule has 0 bridgehead atoms. The van der Waals surface area contributed by atoms with Crippen molar-refractivity contribution in [3.8, 4) is 0 Å². The maximum Gasteiger partial charge on any atom is 0.269 e. The third kappa shape index (κ3) is 25.1. The Balaban J connectivity index is 0.000000137. The average molecular weight is 1340 g/mol. The largest absolute Gasteiger partial charge is 0.452 e. The summed E-state index contributed by atoms with van der Waals surface area (Å²) in [5, 5.41) is 24.4. The number of hydrogen-bond donors (Lipinski definition) is 6. The zero-order chi connectivity index (χ0) is 68.0. The molecule has 14 aromatic heterocycles. The van der Waals surface area contributed by atoms with Crippen LogP contribution in [0, 0.1) is 0 Å². The van der Waals surface area contributed by atoms with Gasteiger partial charge in [-0.05, 0) is 108 Å². The smallest absolute Gasteiger partial charge is 0.269 e. The van der Waals surface area contributed by atoms with Crippen molar-refractivity contribution in [3.05, 3.63) is 347 Å². The summed E-state index contributed by atoms with van der Waals surface area (Å²) in [6, 6.07) is 60.1. The maximum absolute atomic E-state index is 11.3. The number of carbonyl (C=O) groups is 2. The number of aromatic nitrogens is 20. The molecule has 5 aromatic carbocycles. The molecule has 0 radical (unpaired) electrons. The summed E-state index contributed by atoms with van der Waals surface area (Å²) >= 11 is 3.28. The van der Waals surface area contributed by atoms with Crippen LogP contribution in [0.5, 0.6) is 0 Å². The number of rotatable bonds is 0. The number of pyridine rings is 4. The second-order valence-corrected chi connectivity index (χ2v) is 20.5. The zero-order valence-electron chi connectivity index (χ0n) is 52.4. The number of para-hydroxylation sites is 5. The first-order valence-corrected chi connectivity index (χ1v) is 31.3. The van der Waals surface area contributed by atoms with Crippen molar-refractivity contribution in [1.82, 2.24) is 100 Å². The summed E-state index contributed by atoms with van der Waals surface area (Å²) in [5.74, 6) is -0.425. The summed E-state index contributed by atoms with van der Waals surface area (Å²) in [6.07, 6.45) is 35.5. The number of H-pyrrole nitrogens is 6. The quantitative estimate of drug-likeness (QED) is 0.0607. The van der Waals surface area contributed by atoms with Crippen molar-refractivity contribution in [2.24, 2.45) is 0 Å². The van der Waals surface area contributed by atoms with Gasteiger partial charge < -0.3 is 23.8 Å². The molecule has 0 aliphatic carbocycles. The average Bonchev–Trinajstić information content (AvgIpc) is 1.65. The van der Waals surface area contributed by atoms with Gasteiger partial charge in [-0.1, -0.05) is 84.9 Å². The van der Waals surface area contributed by atoms with Gasteiger partial charge in [0.25, 0.3) is 23.8 Å². The minimum absolute atomic E-state index is 0.212. The highest BCUT2D eigenvalue weighted by Crippen LogP contribution is 2.20. The van der Waals surface area contributed by atoms with Crippen molar-refractivity contribution in [1.29, 1.82) is 0 Å². The standard InChI is InChI=1S/C9H7NO2.C8H6N2.C8H7N.C7H6N2.C7H5NO.C7H5NS.C6H5N3.C5H5N.2C3H4N2.C3H3NO.C3H3NS.C2H3N3/c1-10-8(11)6-4-2-3-5-7(6)9(10)12;1-3-7-4-2-6-10-8(7)9-5-1;1-2-4-8-6-9-5-7(8)3-1;3*1-2-4-7-6(3-1)8-5-9-7;1-2-4-9-5-7-8-6(9)3-1;1-2-4-6-5-3-1;1-2-5-3-4-1;1-2-4-5-3-1;2*1-2-5-3-4-1;1-3-2-5-4-1/h2-5H,1H3;1-6H;1-6,9H;1-5H,(H,8,9);3*1-5H;1-5H;2*1-3H,(H,4,5);2*1-3H;1-2H,(H,3,4,5)/p+1. The number of imide groups is 1. The molecule has 0 atom stereocenters. The van der Waals surface area contributed by atoms with Crippen LogP contribution in [0.25, 0.3) is 59.8 Å². The minimum atomic E-state index is -0.212. The Morgan fingerprint density at radius 1 is 0.480 bits per heavy atom. The summed E-state index contributed by atoms with van der Waals surface area (Å²) in [6.45, 7) is 0. The lowest BCUT2D eigenvalue weighted by Crippen LogP contribution is -2.24. The van der Waals surface area contributed by atoms with Crippen LogP contribution in [0.3, 0.4) is 0 Å². The molecule has 15 heterocycles. The second-order valence-electron chi connectivity index (χ2n) is 18.8. The molecule has 98 heavy (non-hydrogen) atoms. The number of thiazole rings is 2. The molecule has 25 nitrogen and oxygen atoms in total. The first-order chi connectivity index (χ1) is 48.5. The maximum atomic E-state index is 11.3. The Bertz CT molecular complexity index is 4170. The third-order valence-corrected chi connectivity index (χ3v) is 13.6. The fraction of sp³-hybridized carbons (Fsp3) is 0.0141. The van der Waals surface area contributed by atoms with Crippen molar-refractivity contribution in [2.75, 3.05) is 7.05 Å². The number of hydrogen-bond acceptors (Lipinski definition) is 19. The van der Waals surface area contributed by atoms with Gasteiger partial charge in [-0.25, -0.2) is 44.3 Å². The molecule has 0 saturated carbocycles. The van der Waals surface area contributed by atoms with Gasteiger partial charge in [-0.2, -0.15) is 10.2 Å². The highest BCUT2D eigenvalue weighted by atomic mass is 32.1. The second kappa shape index (κ2) is 42.5. The van der Waals surface area contributed by atoms with Gasteiger partial charge in [-0.3, -0.25) is 34.7 Å². The summed E-state index contributed by atoms with van der Waals surface area (Å²) in [4.78, 5) is 71.1. The van der Waals surface area contributed by atoms with Crippen LogP contribution in [0.4, 0.5) is 0 Å². The molecule has 27 heteroatoms. The van der Waals surface area contributed by atoms with Gasteiger partial charge in [0.15, 0.2) is 24.0 Å². The van der Waals surface area contributed by atoms with Gasteiger partial charge in [-0.15, -0.1) is 27.8 Å². The van der Waals surface area contributed by atoms with Gasteiger partial charge in [0.2, 0.25) is 0 Å². The lowest BCUT2D eigenvalue weighted by atomic mass is 10.1. The molecule has 1 aliphatic rings. The molecular formula is C71H64N21O4S2+. The first-order valence-electron chi connectivity index (χ1n) is 29.5. The number of amides is 2. The summed E-state index contributed by atoms with van der Waals surface area (Å²) in [7, 11) is 1.49. The lowest BCUT2D eigenvalue weighted by molar-refractivity contribution is -0.512. The van der Waals surface area contributed by atoms with Gasteiger partial charge in [0.1, 0.15) is 24.4 Å². The number of nitrogens with one attached hydrogen (secondary N) is 6. The number of carbonyl (C=O) groups excluding carboxylic acids is 2. The number of aromatic amines is 6. The Kier molecular flexibility index (Phi) is 30.4. The summed E-state index contributed by atoms with van der Waals surface area (Å²) in [5.41, 5.74) is 11.5. The van der Waals surface area contributed by atoms with E-state index in [1.54, 1.807) is 133 Å².